The quantitative estimate of drug-likeness (QED) is 0.881. The maximum Gasteiger partial charge on any atom is 0.0702 e. The van der Waals surface area contributed by atoms with Crippen LogP contribution in [0.15, 0.2) is 18.2 Å². The lowest BCUT2D eigenvalue weighted by atomic mass is 10.00. The van der Waals surface area contributed by atoms with Gasteiger partial charge in [0.15, 0.2) is 0 Å². The highest BCUT2D eigenvalue weighted by Crippen LogP contribution is 2.32. The van der Waals surface area contributed by atoms with E-state index in [4.69, 9.17) is 16.3 Å². The Labute approximate surface area is 107 Å². The number of morpholine rings is 1. The number of anilines is 1. The van der Waals surface area contributed by atoms with Crippen molar-refractivity contribution in [3.05, 3.63) is 28.8 Å². The van der Waals surface area contributed by atoms with Gasteiger partial charge < -0.3 is 14.7 Å². The van der Waals surface area contributed by atoms with Crippen LogP contribution in [-0.2, 0) is 11.3 Å². The molecule has 1 N–H and O–H groups in total. The second kappa shape index (κ2) is 4.84. The van der Waals surface area contributed by atoms with Crippen molar-refractivity contribution in [1.82, 2.24) is 0 Å². The Hall–Kier alpha value is -0.770. The second-order valence-electron chi connectivity index (χ2n) is 4.95. The first kappa shape index (κ1) is 12.7. The average molecular weight is 256 g/mol. The molecule has 0 bridgehead atoms. The first-order valence-corrected chi connectivity index (χ1v) is 6.17. The van der Waals surface area contributed by atoms with E-state index in [1.54, 1.807) is 0 Å². The van der Waals surface area contributed by atoms with Gasteiger partial charge in [0, 0.05) is 22.8 Å². The molecule has 94 valence electrons. The van der Waals surface area contributed by atoms with Gasteiger partial charge in [-0.15, -0.1) is 0 Å². The molecule has 0 aliphatic carbocycles. The largest absolute Gasteiger partial charge is 0.392 e. The van der Waals surface area contributed by atoms with E-state index in [-0.39, 0.29) is 12.1 Å². The van der Waals surface area contributed by atoms with Crippen molar-refractivity contribution in [2.75, 3.05) is 24.7 Å². The zero-order valence-electron chi connectivity index (χ0n) is 10.2. The molecule has 0 spiro atoms. The molecule has 1 aromatic rings. The highest BCUT2D eigenvalue weighted by atomic mass is 35.5. The van der Waals surface area contributed by atoms with Crippen molar-refractivity contribution in [2.24, 2.45) is 0 Å². The molecule has 3 nitrogen and oxygen atoms in total. The van der Waals surface area contributed by atoms with Gasteiger partial charge in [-0.3, -0.25) is 0 Å². The highest BCUT2D eigenvalue weighted by Gasteiger charge is 2.31. The SMILES string of the molecule is CC1(C)COCCN1c1cc(Cl)ccc1CO. The van der Waals surface area contributed by atoms with Gasteiger partial charge in [-0.2, -0.15) is 0 Å². The molecule has 1 saturated heterocycles. The molecule has 0 radical (unpaired) electrons. The van der Waals surface area contributed by atoms with Gasteiger partial charge in [0.2, 0.25) is 0 Å². The third kappa shape index (κ3) is 2.57. The summed E-state index contributed by atoms with van der Waals surface area (Å²) in [5.41, 5.74) is 1.84. The van der Waals surface area contributed by atoms with E-state index in [2.05, 4.69) is 18.7 Å². The topological polar surface area (TPSA) is 32.7 Å². The molecular formula is C13H18ClNO2. The average Bonchev–Trinajstić information content (AvgIpc) is 2.28. The maximum absolute atomic E-state index is 9.41. The summed E-state index contributed by atoms with van der Waals surface area (Å²) in [5, 5.41) is 10.1. The van der Waals surface area contributed by atoms with Crippen molar-refractivity contribution in [3.63, 3.8) is 0 Å². The maximum atomic E-state index is 9.41. The number of benzene rings is 1. The summed E-state index contributed by atoms with van der Waals surface area (Å²) in [6.07, 6.45) is 0. The number of aliphatic hydroxyl groups excluding tert-OH is 1. The third-order valence-electron chi connectivity index (χ3n) is 3.15. The zero-order valence-corrected chi connectivity index (χ0v) is 11.0. The first-order chi connectivity index (χ1) is 8.04. The van der Waals surface area contributed by atoms with Crippen LogP contribution in [0, 0.1) is 0 Å². The molecule has 1 heterocycles. The normalized spacial score (nSPS) is 19.4. The van der Waals surface area contributed by atoms with E-state index in [0.717, 1.165) is 17.8 Å². The van der Waals surface area contributed by atoms with Gasteiger partial charge in [-0.25, -0.2) is 0 Å². The van der Waals surface area contributed by atoms with Crippen molar-refractivity contribution in [1.29, 1.82) is 0 Å². The predicted octanol–water partition coefficient (Wildman–Crippen LogP) is 2.45. The Morgan fingerprint density at radius 3 is 2.88 bits per heavy atom. The molecule has 0 atom stereocenters. The minimum Gasteiger partial charge on any atom is -0.392 e. The predicted molar refractivity (Wildman–Crippen MR) is 69.6 cm³/mol. The van der Waals surface area contributed by atoms with Gasteiger partial charge in [-0.05, 0) is 26.0 Å². The standard InChI is InChI=1S/C13H18ClNO2/c1-13(2)9-17-6-5-15(13)12-7-11(14)4-3-10(12)8-16/h3-4,7,16H,5-6,8-9H2,1-2H3. The van der Waals surface area contributed by atoms with Gasteiger partial charge in [0.1, 0.15) is 0 Å². The second-order valence-corrected chi connectivity index (χ2v) is 5.38. The van der Waals surface area contributed by atoms with Crippen LogP contribution < -0.4 is 4.90 Å². The van der Waals surface area contributed by atoms with E-state index >= 15 is 0 Å². The number of hydrogen-bond donors (Lipinski definition) is 1. The smallest absolute Gasteiger partial charge is 0.0702 e. The summed E-state index contributed by atoms with van der Waals surface area (Å²) in [6.45, 7) is 6.51. The number of rotatable bonds is 2. The van der Waals surface area contributed by atoms with Crippen LogP contribution in [0.5, 0.6) is 0 Å². The van der Waals surface area contributed by atoms with Crippen LogP contribution >= 0.6 is 11.6 Å². The van der Waals surface area contributed by atoms with Gasteiger partial charge in [-0.1, -0.05) is 17.7 Å². The number of hydrogen-bond acceptors (Lipinski definition) is 3. The fourth-order valence-electron chi connectivity index (χ4n) is 2.23. The molecule has 1 aliphatic rings. The molecule has 0 amide bonds. The van der Waals surface area contributed by atoms with Crippen LogP contribution in [0.3, 0.4) is 0 Å². The summed E-state index contributed by atoms with van der Waals surface area (Å²) < 4.78 is 5.50. The van der Waals surface area contributed by atoms with E-state index in [1.807, 2.05) is 18.2 Å². The number of aliphatic hydroxyl groups is 1. The number of nitrogens with zero attached hydrogens (tertiary/aromatic N) is 1. The lowest BCUT2D eigenvalue weighted by Gasteiger charge is -2.44. The fraction of sp³-hybridized carbons (Fsp3) is 0.538. The van der Waals surface area contributed by atoms with E-state index in [0.29, 0.717) is 18.2 Å². The third-order valence-corrected chi connectivity index (χ3v) is 3.39. The molecule has 1 fully saturated rings. The Bertz CT molecular complexity index is 406. The molecule has 17 heavy (non-hydrogen) atoms. The summed E-state index contributed by atoms with van der Waals surface area (Å²) in [6, 6.07) is 5.60. The van der Waals surface area contributed by atoms with Crippen LogP contribution in [0.4, 0.5) is 5.69 Å². The molecule has 0 unspecified atom stereocenters. The van der Waals surface area contributed by atoms with Gasteiger partial charge in [0.25, 0.3) is 0 Å². The Morgan fingerprint density at radius 2 is 2.24 bits per heavy atom. The Balaban J connectivity index is 2.40. The Kier molecular flexibility index (Phi) is 3.61. The lowest BCUT2D eigenvalue weighted by molar-refractivity contribution is 0.0641. The van der Waals surface area contributed by atoms with Crippen LogP contribution in [0.2, 0.25) is 5.02 Å². The van der Waals surface area contributed by atoms with Crippen LogP contribution in [-0.4, -0.2) is 30.4 Å². The highest BCUT2D eigenvalue weighted by molar-refractivity contribution is 6.30. The molecule has 4 heteroatoms. The molecule has 0 saturated carbocycles. The molecule has 2 rings (SSSR count). The van der Waals surface area contributed by atoms with Gasteiger partial charge >= 0.3 is 0 Å². The van der Waals surface area contributed by atoms with Crippen molar-refractivity contribution < 1.29 is 9.84 Å². The summed E-state index contributed by atoms with van der Waals surface area (Å²) in [7, 11) is 0. The number of ether oxygens (including phenoxy) is 1. The summed E-state index contributed by atoms with van der Waals surface area (Å²) in [5.74, 6) is 0. The van der Waals surface area contributed by atoms with Crippen LogP contribution in [0.1, 0.15) is 19.4 Å². The van der Waals surface area contributed by atoms with Crippen molar-refractivity contribution in [3.8, 4) is 0 Å². The van der Waals surface area contributed by atoms with E-state index in [1.165, 1.54) is 0 Å². The summed E-state index contributed by atoms with van der Waals surface area (Å²) >= 11 is 6.05. The zero-order chi connectivity index (χ0) is 12.5. The lowest BCUT2D eigenvalue weighted by Crippen LogP contribution is -2.53. The van der Waals surface area contributed by atoms with Gasteiger partial charge in [0.05, 0.1) is 25.4 Å². The Morgan fingerprint density at radius 1 is 1.47 bits per heavy atom. The van der Waals surface area contributed by atoms with Crippen molar-refractivity contribution in [2.45, 2.75) is 26.0 Å². The monoisotopic (exact) mass is 255 g/mol. The summed E-state index contributed by atoms with van der Waals surface area (Å²) in [4.78, 5) is 2.26. The minimum atomic E-state index is -0.0765. The fourth-order valence-corrected chi connectivity index (χ4v) is 2.39. The van der Waals surface area contributed by atoms with Crippen LogP contribution in [0.25, 0.3) is 0 Å². The minimum absolute atomic E-state index is 0.0277. The molecule has 1 aliphatic heterocycles. The first-order valence-electron chi connectivity index (χ1n) is 5.79. The molecular weight excluding hydrogens is 238 g/mol. The van der Waals surface area contributed by atoms with E-state index in [9.17, 15) is 5.11 Å². The van der Waals surface area contributed by atoms with E-state index < -0.39 is 0 Å². The number of halogens is 1. The van der Waals surface area contributed by atoms with Crippen molar-refractivity contribution >= 4 is 17.3 Å². The molecule has 1 aromatic carbocycles. The molecule has 0 aromatic heterocycles.